The molecule has 0 aliphatic rings. The molecule has 0 bridgehead atoms. The van der Waals surface area contributed by atoms with Crippen LogP contribution in [0.4, 0.5) is 56.9 Å². The van der Waals surface area contributed by atoms with E-state index in [1.54, 1.807) is 0 Å². The van der Waals surface area contributed by atoms with Gasteiger partial charge in [0.05, 0.1) is 0 Å². The molecule has 0 saturated carbocycles. The summed E-state index contributed by atoms with van der Waals surface area (Å²) >= 11 is 0. The van der Waals surface area contributed by atoms with E-state index >= 15 is 0 Å². The molecule has 0 saturated heterocycles. The SMILES string of the molecule is CN(c1ccc(-c2ccc(N(c3ccccc3)c3cccc(-c4ccccc4)c3)cc2)cc1)c1cccc2ccccc12.CN(c1ccccc1)c1ccc(-c2ccc(N(c3ccccc3)c3cccc(-c4ccccc4)c3)cc2)cc1. The number of nitrogens with zero attached hydrogens (tertiary/aromatic N) is 4. The van der Waals surface area contributed by atoms with Gasteiger partial charge in [-0.05, 0) is 165 Å². The Balaban J connectivity index is 0.000000163. The normalized spacial score (nSPS) is 10.8. The molecule has 4 heteroatoms. The Morgan fingerprint density at radius 1 is 0.183 bits per heavy atom. The van der Waals surface area contributed by atoms with Gasteiger partial charge in [-0.3, -0.25) is 0 Å². The third kappa shape index (κ3) is 11.7. The summed E-state index contributed by atoms with van der Waals surface area (Å²) in [4.78, 5) is 9.09. The van der Waals surface area contributed by atoms with E-state index < -0.39 is 0 Å². The van der Waals surface area contributed by atoms with Gasteiger partial charge in [0, 0.05) is 76.4 Å². The van der Waals surface area contributed by atoms with Crippen molar-refractivity contribution in [3.63, 3.8) is 0 Å². The monoisotopic (exact) mass is 1050 g/mol. The molecule has 13 aromatic carbocycles. The summed E-state index contributed by atoms with van der Waals surface area (Å²) in [6.07, 6.45) is 0. The van der Waals surface area contributed by atoms with Crippen LogP contribution < -0.4 is 19.6 Å². The molecule has 0 aliphatic carbocycles. The van der Waals surface area contributed by atoms with Crippen molar-refractivity contribution in [1.82, 2.24) is 0 Å². The largest absolute Gasteiger partial charge is 0.345 e. The lowest BCUT2D eigenvalue weighted by Crippen LogP contribution is -2.10. The molecule has 0 atom stereocenters. The molecule has 0 fully saturated rings. The summed E-state index contributed by atoms with van der Waals surface area (Å²) in [6.45, 7) is 0. The van der Waals surface area contributed by atoms with Crippen LogP contribution >= 0.6 is 0 Å². The standard InChI is InChI=1S/C41H32N2.C37H30N2/c1-42(41-21-11-15-34-14-8-9-20-40(34)41)36-26-22-32(23-27-36)33-24-28-38(29-25-33)43(37-17-6-3-7-18-37)39-19-10-16-35(30-39)31-12-4-2-5-13-31;1-38(33-15-7-3-8-16-33)34-24-20-30(21-25-34)31-22-26-36(27-23-31)39(35-17-9-4-10-18-35)37-19-11-14-32(28-37)29-12-5-2-6-13-29/h2-30H,1H3;2-28H,1H3. The molecule has 0 N–H and O–H groups in total. The van der Waals surface area contributed by atoms with Gasteiger partial charge in [-0.15, -0.1) is 0 Å². The summed E-state index contributed by atoms with van der Waals surface area (Å²) in [6, 6.07) is 120. The lowest BCUT2D eigenvalue weighted by molar-refractivity contribution is 1.21. The molecule has 0 aliphatic heterocycles. The predicted octanol–water partition coefficient (Wildman–Crippen LogP) is 21.7. The van der Waals surface area contributed by atoms with E-state index in [2.05, 4.69) is 367 Å². The van der Waals surface area contributed by atoms with Gasteiger partial charge in [0.1, 0.15) is 0 Å². The van der Waals surface area contributed by atoms with Crippen molar-refractivity contribution in [1.29, 1.82) is 0 Å². The second-order valence-corrected chi connectivity index (χ2v) is 20.3. The fourth-order valence-electron chi connectivity index (χ4n) is 10.8. The fraction of sp³-hybridized carbons (Fsp3) is 0.0256. The van der Waals surface area contributed by atoms with Crippen LogP contribution in [-0.4, -0.2) is 14.1 Å². The highest BCUT2D eigenvalue weighted by molar-refractivity contribution is 5.96. The Kier molecular flexibility index (Phi) is 15.6. The highest BCUT2D eigenvalue weighted by Crippen LogP contribution is 2.40. The van der Waals surface area contributed by atoms with Gasteiger partial charge in [-0.2, -0.15) is 0 Å². The van der Waals surface area contributed by atoms with Crippen molar-refractivity contribution in [3.8, 4) is 44.5 Å². The fourth-order valence-corrected chi connectivity index (χ4v) is 10.8. The highest BCUT2D eigenvalue weighted by Gasteiger charge is 2.17. The number of para-hydroxylation sites is 3. The van der Waals surface area contributed by atoms with Gasteiger partial charge in [0.25, 0.3) is 0 Å². The zero-order chi connectivity index (χ0) is 55.5. The van der Waals surface area contributed by atoms with Crippen molar-refractivity contribution >= 4 is 67.6 Å². The molecular formula is C78H62N4. The second-order valence-electron chi connectivity index (χ2n) is 20.3. The number of benzene rings is 13. The van der Waals surface area contributed by atoms with Crippen molar-refractivity contribution < 1.29 is 0 Å². The van der Waals surface area contributed by atoms with Gasteiger partial charge in [0.2, 0.25) is 0 Å². The third-order valence-electron chi connectivity index (χ3n) is 15.2. The molecule has 13 rings (SSSR count). The molecule has 4 nitrogen and oxygen atoms in total. The van der Waals surface area contributed by atoms with Crippen LogP contribution in [0.5, 0.6) is 0 Å². The number of anilines is 10. The summed E-state index contributed by atoms with van der Waals surface area (Å²) < 4.78 is 0. The minimum Gasteiger partial charge on any atom is -0.345 e. The summed E-state index contributed by atoms with van der Waals surface area (Å²) in [5.74, 6) is 0. The number of rotatable bonds is 14. The number of hydrogen-bond donors (Lipinski definition) is 0. The Bertz CT molecular complexity index is 4130. The maximum atomic E-state index is 2.32. The quantitative estimate of drug-likeness (QED) is 0.108. The second kappa shape index (κ2) is 24.6. The van der Waals surface area contributed by atoms with Gasteiger partial charge >= 0.3 is 0 Å². The predicted molar refractivity (Wildman–Crippen MR) is 351 cm³/mol. The van der Waals surface area contributed by atoms with E-state index in [-0.39, 0.29) is 0 Å². The van der Waals surface area contributed by atoms with Crippen molar-refractivity contribution in [3.05, 3.63) is 340 Å². The van der Waals surface area contributed by atoms with Crippen LogP contribution in [0, 0.1) is 0 Å². The lowest BCUT2D eigenvalue weighted by Gasteiger charge is -2.26. The van der Waals surface area contributed by atoms with Crippen LogP contribution in [0.1, 0.15) is 0 Å². The first-order valence-corrected chi connectivity index (χ1v) is 27.9. The van der Waals surface area contributed by atoms with Gasteiger partial charge < -0.3 is 19.6 Å². The highest BCUT2D eigenvalue weighted by atomic mass is 15.1. The van der Waals surface area contributed by atoms with E-state index in [4.69, 9.17) is 0 Å². The zero-order valence-electron chi connectivity index (χ0n) is 46.1. The van der Waals surface area contributed by atoms with E-state index in [1.165, 1.54) is 66.7 Å². The molecule has 0 aromatic heterocycles. The van der Waals surface area contributed by atoms with Crippen LogP contribution in [0.15, 0.2) is 340 Å². The Hall–Kier alpha value is -10.7. The Morgan fingerprint density at radius 3 is 0.878 bits per heavy atom. The maximum absolute atomic E-state index is 2.32. The molecule has 0 radical (unpaired) electrons. The van der Waals surface area contributed by atoms with Crippen LogP contribution in [0.3, 0.4) is 0 Å². The van der Waals surface area contributed by atoms with Crippen LogP contribution in [0.2, 0.25) is 0 Å². The first-order valence-electron chi connectivity index (χ1n) is 27.9. The molecule has 0 spiro atoms. The third-order valence-corrected chi connectivity index (χ3v) is 15.2. The number of fused-ring (bicyclic) bond motifs is 1. The van der Waals surface area contributed by atoms with Crippen molar-refractivity contribution in [2.75, 3.05) is 33.7 Å². The van der Waals surface area contributed by atoms with Crippen molar-refractivity contribution in [2.24, 2.45) is 0 Å². The lowest BCUT2D eigenvalue weighted by atomic mass is 10.0. The summed E-state index contributed by atoms with van der Waals surface area (Å²) in [7, 11) is 4.24. The Morgan fingerprint density at radius 2 is 0.451 bits per heavy atom. The first kappa shape index (κ1) is 52.0. The average molecular weight is 1060 g/mol. The molecule has 82 heavy (non-hydrogen) atoms. The van der Waals surface area contributed by atoms with E-state index in [1.807, 2.05) is 6.07 Å². The van der Waals surface area contributed by atoms with E-state index in [0.29, 0.717) is 0 Å². The van der Waals surface area contributed by atoms with E-state index in [9.17, 15) is 0 Å². The smallest absolute Gasteiger partial charge is 0.0487 e. The molecule has 394 valence electrons. The van der Waals surface area contributed by atoms with Crippen LogP contribution in [0.25, 0.3) is 55.3 Å². The molecule has 0 heterocycles. The zero-order valence-corrected chi connectivity index (χ0v) is 46.1. The average Bonchev–Trinajstić information content (AvgIpc) is 3.65. The van der Waals surface area contributed by atoms with Crippen molar-refractivity contribution in [2.45, 2.75) is 0 Å². The van der Waals surface area contributed by atoms with Gasteiger partial charge in [0.15, 0.2) is 0 Å². The van der Waals surface area contributed by atoms with Gasteiger partial charge in [-0.25, -0.2) is 0 Å². The molecule has 0 amide bonds. The van der Waals surface area contributed by atoms with Gasteiger partial charge in [-0.1, -0.05) is 224 Å². The molecule has 0 unspecified atom stereocenters. The minimum absolute atomic E-state index is 1.12. The summed E-state index contributed by atoms with van der Waals surface area (Å²) in [5, 5.41) is 2.50. The van der Waals surface area contributed by atoms with Crippen LogP contribution in [-0.2, 0) is 0 Å². The Labute approximate surface area is 483 Å². The molecule has 13 aromatic rings. The maximum Gasteiger partial charge on any atom is 0.0487 e. The summed E-state index contributed by atoms with van der Waals surface area (Å²) in [5.41, 5.74) is 21.0. The minimum atomic E-state index is 1.12. The topological polar surface area (TPSA) is 13.0 Å². The van der Waals surface area contributed by atoms with E-state index in [0.717, 1.165) is 45.5 Å². The number of hydrogen-bond acceptors (Lipinski definition) is 4. The first-order chi connectivity index (χ1) is 40.5. The molecular weight excluding hydrogens is 993 g/mol.